The molecule has 0 atom stereocenters. The highest BCUT2D eigenvalue weighted by atomic mass is 35.5. The van der Waals surface area contributed by atoms with Gasteiger partial charge in [-0.05, 0) is 43.5 Å². The summed E-state index contributed by atoms with van der Waals surface area (Å²) in [6.07, 6.45) is 9.33. The molecular weight excluding hydrogens is 322 g/mol. The number of rotatable bonds is 5. The van der Waals surface area contributed by atoms with E-state index < -0.39 is 0 Å². The molecule has 0 aliphatic heterocycles. The monoisotopic (exact) mass is 345 g/mol. The van der Waals surface area contributed by atoms with Crippen molar-refractivity contribution in [3.8, 4) is 5.69 Å². The summed E-state index contributed by atoms with van der Waals surface area (Å²) in [5.74, 6) is 0.00515. The quantitative estimate of drug-likeness (QED) is 0.864. The van der Waals surface area contributed by atoms with E-state index in [9.17, 15) is 4.79 Å². The molecule has 1 fully saturated rings. The third-order valence-electron chi connectivity index (χ3n) is 4.61. The number of hydrogen-bond donors (Lipinski definition) is 1. The number of aromatic nitrogens is 2. The van der Waals surface area contributed by atoms with Crippen molar-refractivity contribution in [1.29, 1.82) is 0 Å². The molecule has 1 aliphatic carbocycles. The van der Waals surface area contributed by atoms with Crippen molar-refractivity contribution in [2.24, 2.45) is 0 Å². The standard InChI is InChI=1S/C19H24ClN3O/c1-2-6-18-17(19(24)22-15-7-4-3-5-8-15)13-21-23(18)16-11-9-14(20)10-12-16/h9-13,15H,2-8H2,1H3,(H,22,24). The molecule has 1 aliphatic rings. The second kappa shape index (κ2) is 7.84. The van der Waals surface area contributed by atoms with Crippen molar-refractivity contribution in [2.75, 3.05) is 0 Å². The number of nitrogens with zero attached hydrogens (tertiary/aromatic N) is 2. The van der Waals surface area contributed by atoms with Crippen LogP contribution in [0.5, 0.6) is 0 Å². The van der Waals surface area contributed by atoms with Crippen molar-refractivity contribution in [3.05, 3.63) is 46.7 Å². The highest BCUT2D eigenvalue weighted by Gasteiger charge is 2.21. The van der Waals surface area contributed by atoms with E-state index in [-0.39, 0.29) is 5.91 Å². The lowest BCUT2D eigenvalue weighted by Gasteiger charge is -2.22. The number of nitrogens with one attached hydrogen (secondary N) is 1. The van der Waals surface area contributed by atoms with Crippen molar-refractivity contribution in [1.82, 2.24) is 15.1 Å². The van der Waals surface area contributed by atoms with Crippen LogP contribution in [0.15, 0.2) is 30.5 Å². The lowest BCUT2D eigenvalue weighted by molar-refractivity contribution is 0.0926. The first-order valence-corrected chi connectivity index (χ1v) is 9.20. The molecule has 0 radical (unpaired) electrons. The lowest BCUT2D eigenvalue weighted by Crippen LogP contribution is -2.36. The Bertz CT molecular complexity index is 687. The van der Waals surface area contributed by atoms with Gasteiger partial charge in [-0.3, -0.25) is 4.79 Å². The van der Waals surface area contributed by atoms with Crippen LogP contribution >= 0.6 is 11.6 Å². The van der Waals surface area contributed by atoms with Crippen LogP contribution in [-0.2, 0) is 6.42 Å². The minimum atomic E-state index is 0.00515. The van der Waals surface area contributed by atoms with Gasteiger partial charge in [-0.2, -0.15) is 5.10 Å². The second-order valence-corrected chi connectivity index (χ2v) is 6.89. The molecule has 3 rings (SSSR count). The summed E-state index contributed by atoms with van der Waals surface area (Å²) in [5, 5.41) is 8.35. The molecule has 0 unspecified atom stereocenters. The summed E-state index contributed by atoms with van der Waals surface area (Å²) in [6.45, 7) is 2.11. The Hall–Kier alpha value is -1.81. The van der Waals surface area contributed by atoms with E-state index in [1.165, 1.54) is 19.3 Å². The normalized spacial score (nSPS) is 15.4. The summed E-state index contributed by atoms with van der Waals surface area (Å²) in [6, 6.07) is 7.85. The summed E-state index contributed by atoms with van der Waals surface area (Å²) in [5.41, 5.74) is 2.59. The summed E-state index contributed by atoms with van der Waals surface area (Å²) in [4.78, 5) is 12.7. The Morgan fingerprint density at radius 1 is 1.25 bits per heavy atom. The number of halogens is 1. The fourth-order valence-electron chi connectivity index (χ4n) is 3.36. The molecular formula is C19H24ClN3O. The number of amides is 1. The van der Waals surface area contributed by atoms with Crippen molar-refractivity contribution in [3.63, 3.8) is 0 Å². The fourth-order valence-corrected chi connectivity index (χ4v) is 3.48. The molecule has 0 saturated heterocycles. The highest BCUT2D eigenvalue weighted by molar-refractivity contribution is 6.30. The number of carbonyl (C=O) groups excluding carboxylic acids is 1. The van der Waals surface area contributed by atoms with Gasteiger partial charge in [0.05, 0.1) is 23.1 Å². The fraction of sp³-hybridized carbons (Fsp3) is 0.474. The van der Waals surface area contributed by atoms with Gasteiger partial charge in [0.2, 0.25) is 0 Å². The summed E-state index contributed by atoms with van der Waals surface area (Å²) in [7, 11) is 0. The average Bonchev–Trinajstić information content (AvgIpc) is 3.01. The van der Waals surface area contributed by atoms with Gasteiger partial charge in [0.25, 0.3) is 5.91 Å². The van der Waals surface area contributed by atoms with Crippen LogP contribution in [0.3, 0.4) is 0 Å². The van der Waals surface area contributed by atoms with E-state index in [4.69, 9.17) is 11.6 Å². The predicted octanol–water partition coefficient (Wildman–Crippen LogP) is 4.54. The van der Waals surface area contributed by atoms with Gasteiger partial charge in [-0.1, -0.05) is 44.2 Å². The zero-order valence-corrected chi connectivity index (χ0v) is 14.9. The Balaban J connectivity index is 1.84. The summed E-state index contributed by atoms with van der Waals surface area (Å²) >= 11 is 5.97. The van der Waals surface area contributed by atoms with E-state index in [0.29, 0.717) is 16.6 Å². The maximum atomic E-state index is 12.7. The van der Waals surface area contributed by atoms with Gasteiger partial charge in [0.15, 0.2) is 0 Å². The molecule has 1 saturated carbocycles. The van der Waals surface area contributed by atoms with E-state index >= 15 is 0 Å². The molecule has 0 bridgehead atoms. The van der Waals surface area contributed by atoms with E-state index in [0.717, 1.165) is 37.1 Å². The molecule has 1 heterocycles. The van der Waals surface area contributed by atoms with Gasteiger partial charge < -0.3 is 5.32 Å². The molecule has 1 N–H and O–H groups in total. The highest BCUT2D eigenvalue weighted by Crippen LogP contribution is 2.21. The third-order valence-corrected chi connectivity index (χ3v) is 4.86. The minimum absolute atomic E-state index is 0.00515. The molecule has 0 spiro atoms. The average molecular weight is 346 g/mol. The molecule has 1 amide bonds. The zero-order valence-electron chi connectivity index (χ0n) is 14.1. The second-order valence-electron chi connectivity index (χ2n) is 6.45. The molecule has 1 aromatic heterocycles. The Morgan fingerprint density at radius 2 is 1.96 bits per heavy atom. The largest absolute Gasteiger partial charge is 0.349 e. The van der Waals surface area contributed by atoms with Crippen LogP contribution in [0, 0.1) is 0 Å². The van der Waals surface area contributed by atoms with Crippen LogP contribution in [0.4, 0.5) is 0 Å². The third kappa shape index (κ3) is 3.81. The van der Waals surface area contributed by atoms with Crippen molar-refractivity contribution < 1.29 is 4.79 Å². The van der Waals surface area contributed by atoms with Crippen molar-refractivity contribution >= 4 is 17.5 Å². The number of carbonyl (C=O) groups is 1. The smallest absolute Gasteiger partial charge is 0.254 e. The van der Waals surface area contributed by atoms with E-state index in [1.54, 1.807) is 6.20 Å². The van der Waals surface area contributed by atoms with E-state index in [1.807, 2.05) is 28.9 Å². The molecule has 24 heavy (non-hydrogen) atoms. The first-order valence-electron chi connectivity index (χ1n) is 8.82. The number of hydrogen-bond acceptors (Lipinski definition) is 2. The molecule has 5 heteroatoms. The topological polar surface area (TPSA) is 46.9 Å². The SMILES string of the molecule is CCCc1c(C(=O)NC2CCCCC2)cnn1-c1ccc(Cl)cc1. The van der Waals surface area contributed by atoms with Gasteiger partial charge in [0.1, 0.15) is 0 Å². The van der Waals surface area contributed by atoms with Gasteiger partial charge in [-0.25, -0.2) is 4.68 Å². The first-order chi connectivity index (χ1) is 11.7. The Kier molecular flexibility index (Phi) is 5.56. The zero-order chi connectivity index (χ0) is 16.9. The predicted molar refractivity (Wildman–Crippen MR) is 96.9 cm³/mol. The number of benzene rings is 1. The molecule has 4 nitrogen and oxygen atoms in total. The van der Waals surface area contributed by atoms with Crippen LogP contribution in [0.25, 0.3) is 5.69 Å². The Morgan fingerprint density at radius 3 is 2.62 bits per heavy atom. The van der Waals surface area contributed by atoms with Gasteiger partial charge >= 0.3 is 0 Å². The maximum absolute atomic E-state index is 12.7. The van der Waals surface area contributed by atoms with Crippen LogP contribution in [-0.4, -0.2) is 21.7 Å². The van der Waals surface area contributed by atoms with E-state index in [2.05, 4.69) is 17.3 Å². The molecule has 2 aromatic rings. The molecule has 128 valence electrons. The van der Waals surface area contributed by atoms with Crippen molar-refractivity contribution in [2.45, 2.75) is 57.9 Å². The van der Waals surface area contributed by atoms with Gasteiger partial charge in [-0.15, -0.1) is 0 Å². The van der Waals surface area contributed by atoms with Crippen LogP contribution < -0.4 is 5.32 Å². The first kappa shape index (κ1) is 17.0. The molecule has 1 aromatic carbocycles. The minimum Gasteiger partial charge on any atom is -0.349 e. The van der Waals surface area contributed by atoms with Crippen LogP contribution in [0.2, 0.25) is 5.02 Å². The van der Waals surface area contributed by atoms with Crippen LogP contribution in [0.1, 0.15) is 61.5 Å². The lowest BCUT2D eigenvalue weighted by atomic mass is 9.95. The summed E-state index contributed by atoms with van der Waals surface area (Å²) < 4.78 is 1.86. The Labute approximate surface area is 148 Å². The van der Waals surface area contributed by atoms with Gasteiger partial charge in [0, 0.05) is 11.1 Å². The maximum Gasteiger partial charge on any atom is 0.254 e.